The SMILES string of the molecule is Cc1cc(C(N)c2ccc3c(c2)OCCO3)sc1C. The minimum absolute atomic E-state index is 0.103. The summed E-state index contributed by atoms with van der Waals surface area (Å²) in [6, 6.07) is 8.01. The molecule has 1 aromatic carbocycles. The highest BCUT2D eigenvalue weighted by molar-refractivity contribution is 7.12. The fourth-order valence-corrected chi connectivity index (χ4v) is 3.24. The van der Waals surface area contributed by atoms with Crippen molar-refractivity contribution in [1.82, 2.24) is 0 Å². The highest BCUT2D eigenvalue weighted by Gasteiger charge is 2.17. The summed E-state index contributed by atoms with van der Waals surface area (Å²) in [6.07, 6.45) is 0. The molecule has 0 amide bonds. The molecule has 0 fully saturated rings. The van der Waals surface area contributed by atoms with Crippen molar-refractivity contribution in [2.75, 3.05) is 13.2 Å². The van der Waals surface area contributed by atoms with Crippen molar-refractivity contribution in [1.29, 1.82) is 0 Å². The number of thiophene rings is 1. The Morgan fingerprint density at radius 3 is 2.53 bits per heavy atom. The number of fused-ring (bicyclic) bond motifs is 1. The second-order valence-corrected chi connectivity index (χ2v) is 6.06. The molecule has 1 aromatic heterocycles. The highest BCUT2D eigenvalue weighted by Crippen LogP contribution is 2.35. The van der Waals surface area contributed by atoms with E-state index in [4.69, 9.17) is 15.2 Å². The Hall–Kier alpha value is -1.52. The normalized spacial score (nSPS) is 15.3. The minimum atomic E-state index is -0.103. The molecule has 0 saturated heterocycles. The predicted octanol–water partition coefficient (Wildman–Crippen LogP) is 3.18. The summed E-state index contributed by atoms with van der Waals surface area (Å²) in [6.45, 7) is 5.45. The molecule has 1 aliphatic rings. The van der Waals surface area contributed by atoms with Crippen molar-refractivity contribution in [2.45, 2.75) is 19.9 Å². The maximum absolute atomic E-state index is 6.35. The van der Waals surface area contributed by atoms with Gasteiger partial charge < -0.3 is 15.2 Å². The van der Waals surface area contributed by atoms with Crippen LogP contribution in [-0.4, -0.2) is 13.2 Å². The summed E-state index contributed by atoms with van der Waals surface area (Å²) >= 11 is 1.76. The number of benzene rings is 1. The van der Waals surface area contributed by atoms with Gasteiger partial charge in [0.25, 0.3) is 0 Å². The van der Waals surface area contributed by atoms with Gasteiger partial charge in [-0.15, -0.1) is 11.3 Å². The van der Waals surface area contributed by atoms with Crippen molar-refractivity contribution >= 4 is 11.3 Å². The quantitative estimate of drug-likeness (QED) is 0.915. The lowest BCUT2D eigenvalue weighted by Gasteiger charge is -2.20. The zero-order valence-electron chi connectivity index (χ0n) is 11.1. The van der Waals surface area contributed by atoms with Crippen molar-refractivity contribution in [3.63, 3.8) is 0 Å². The van der Waals surface area contributed by atoms with Gasteiger partial charge in [-0.1, -0.05) is 6.07 Å². The third kappa shape index (κ3) is 2.33. The molecule has 2 heterocycles. The van der Waals surface area contributed by atoms with Crippen molar-refractivity contribution in [3.8, 4) is 11.5 Å². The summed E-state index contributed by atoms with van der Waals surface area (Å²) in [5.74, 6) is 1.60. The Kier molecular flexibility index (Phi) is 3.21. The van der Waals surface area contributed by atoms with Crippen molar-refractivity contribution < 1.29 is 9.47 Å². The van der Waals surface area contributed by atoms with Gasteiger partial charge in [-0.05, 0) is 43.2 Å². The molecular weight excluding hydrogens is 258 g/mol. The Labute approximate surface area is 117 Å². The molecule has 0 bridgehead atoms. The van der Waals surface area contributed by atoms with E-state index in [0.717, 1.165) is 17.1 Å². The van der Waals surface area contributed by atoms with Crippen LogP contribution in [0.2, 0.25) is 0 Å². The Balaban J connectivity index is 1.93. The van der Waals surface area contributed by atoms with E-state index in [0.29, 0.717) is 13.2 Å². The van der Waals surface area contributed by atoms with Crippen LogP contribution >= 0.6 is 11.3 Å². The summed E-state index contributed by atoms with van der Waals surface area (Å²) < 4.78 is 11.1. The lowest BCUT2D eigenvalue weighted by atomic mass is 10.0. The van der Waals surface area contributed by atoms with Gasteiger partial charge in [0.15, 0.2) is 11.5 Å². The number of hydrogen-bond donors (Lipinski definition) is 1. The molecule has 0 saturated carbocycles. The molecule has 4 heteroatoms. The number of rotatable bonds is 2. The van der Waals surface area contributed by atoms with E-state index in [1.807, 2.05) is 18.2 Å². The zero-order chi connectivity index (χ0) is 13.4. The van der Waals surface area contributed by atoms with Crippen LogP contribution in [-0.2, 0) is 0 Å². The Morgan fingerprint density at radius 2 is 1.84 bits per heavy atom. The van der Waals surface area contributed by atoms with Gasteiger partial charge in [0, 0.05) is 9.75 Å². The van der Waals surface area contributed by atoms with Gasteiger partial charge in [-0.2, -0.15) is 0 Å². The first-order valence-electron chi connectivity index (χ1n) is 6.37. The van der Waals surface area contributed by atoms with Crippen LogP contribution in [0.25, 0.3) is 0 Å². The van der Waals surface area contributed by atoms with Gasteiger partial charge in [0.2, 0.25) is 0 Å². The van der Waals surface area contributed by atoms with E-state index in [-0.39, 0.29) is 6.04 Å². The number of ether oxygens (including phenoxy) is 2. The summed E-state index contributed by atoms with van der Waals surface area (Å²) in [5, 5.41) is 0. The molecule has 0 spiro atoms. The number of aryl methyl sites for hydroxylation is 2. The van der Waals surface area contributed by atoms with E-state index in [9.17, 15) is 0 Å². The molecule has 1 aliphatic heterocycles. The summed E-state index contributed by atoms with van der Waals surface area (Å²) in [7, 11) is 0. The van der Waals surface area contributed by atoms with Crippen molar-refractivity contribution in [3.05, 3.63) is 45.1 Å². The van der Waals surface area contributed by atoms with Gasteiger partial charge in [0.05, 0.1) is 6.04 Å². The molecule has 2 aromatic rings. The topological polar surface area (TPSA) is 44.5 Å². The van der Waals surface area contributed by atoms with Crippen LogP contribution in [0.3, 0.4) is 0 Å². The van der Waals surface area contributed by atoms with Crippen LogP contribution in [0.4, 0.5) is 0 Å². The monoisotopic (exact) mass is 275 g/mol. The van der Waals surface area contributed by atoms with E-state index < -0.39 is 0 Å². The van der Waals surface area contributed by atoms with E-state index in [1.54, 1.807) is 11.3 Å². The molecule has 0 aliphatic carbocycles. The molecule has 19 heavy (non-hydrogen) atoms. The maximum Gasteiger partial charge on any atom is 0.161 e. The third-order valence-corrected chi connectivity index (χ3v) is 4.65. The van der Waals surface area contributed by atoms with E-state index >= 15 is 0 Å². The zero-order valence-corrected chi connectivity index (χ0v) is 11.9. The minimum Gasteiger partial charge on any atom is -0.486 e. The smallest absolute Gasteiger partial charge is 0.161 e. The second-order valence-electron chi connectivity index (χ2n) is 4.77. The number of nitrogens with two attached hydrogens (primary N) is 1. The predicted molar refractivity (Wildman–Crippen MR) is 77.3 cm³/mol. The summed E-state index contributed by atoms with van der Waals surface area (Å²) in [4.78, 5) is 2.51. The molecule has 0 radical (unpaired) electrons. The average molecular weight is 275 g/mol. The Bertz CT molecular complexity index is 587. The molecule has 2 N–H and O–H groups in total. The maximum atomic E-state index is 6.35. The van der Waals surface area contributed by atoms with Gasteiger partial charge in [-0.25, -0.2) is 0 Å². The lowest BCUT2D eigenvalue weighted by molar-refractivity contribution is 0.171. The van der Waals surface area contributed by atoms with Crippen LogP contribution in [0.5, 0.6) is 11.5 Å². The highest BCUT2D eigenvalue weighted by atomic mass is 32.1. The molecule has 3 rings (SSSR count). The first-order valence-corrected chi connectivity index (χ1v) is 7.19. The van der Waals surface area contributed by atoms with Crippen LogP contribution in [0.15, 0.2) is 24.3 Å². The summed E-state index contributed by atoms with van der Waals surface area (Å²) in [5.41, 5.74) is 8.71. The van der Waals surface area contributed by atoms with Gasteiger partial charge in [0.1, 0.15) is 13.2 Å². The lowest BCUT2D eigenvalue weighted by Crippen LogP contribution is -2.16. The van der Waals surface area contributed by atoms with E-state index in [1.165, 1.54) is 15.3 Å². The second kappa shape index (κ2) is 4.87. The first-order chi connectivity index (χ1) is 9.15. The molecule has 3 nitrogen and oxygen atoms in total. The third-order valence-electron chi connectivity index (χ3n) is 3.42. The number of hydrogen-bond acceptors (Lipinski definition) is 4. The largest absolute Gasteiger partial charge is 0.486 e. The molecular formula is C15H17NO2S. The standard InChI is InChI=1S/C15H17NO2S/c1-9-7-14(19-10(9)2)15(16)11-3-4-12-13(8-11)18-6-5-17-12/h3-4,7-8,15H,5-6,16H2,1-2H3. The average Bonchev–Trinajstić information content (AvgIpc) is 2.77. The van der Waals surface area contributed by atoms with Crippen LogP contribution < -0.4 is 15.2 Å². The molecule has 100 valence electrons. The van der Waals surface area contributed by atoms with Gasteiger partial charge >= 0.3 is 0 Å². The first kappa shape index (κ1) is 12.5. The van der Waals surface area contributed by atoms with Crippen LogP contribution in [0.1, 0.15) is 26.9 Å². The molecule has 1 unspecified atom stereocenters. The van der Waals surface area contributed by atoms with Crippen LogP contribution in [0, 0.1) is 13.8 Å². The Morgan fingerprint density at radius 1 is 1.11 bits per heavy atom. The van der Waals surface area contributed by atoms with Gasteiger partial charge in [-0.3, -0.25) is 0 Å². The van der Waals surface area contributed by atoms with Crippen molar-refractivity contribution in [2.24, 2.45) is 5.73 Å². The van der Waals surface area contributed by atoms with E-state index in [2.05, 4.69) is 19.9 Å². The molecule has 1 atom stereocenters. The fraction of sp³-hybridized carbons (Fsp3) is 0.333. The fourth-order valence-electron chi connectivity index (χ4n) is 2.17.